The van der Waals surface area contributed by atoms with Crippen LogP contribution in [0.25, 0.3) is 0 Å². The van der Waals surface area contributed by atoms with Crippen molar-refractivity contribution in [3.05, 3.63) is 0 Å². The van der Waals surface area contributed by atoms with Crippen molar-refractivity contribution >= 4 is 11.9 Å². The number of esters is 2. The lowest BCUT2D eigenvalue weighted by atomic mass is 9.99. The highest BCUT2D eigenvalue weighted by molar-refractivity contribution is 5.70. The van der Waals surface area contributed by atoms with Gasteiger partial charge in [0.2, 0.25) is 0 Å². The van der Waals surface area contributed by atoms with Crippen molar-refractivity contribution in [2.24, 2.45) is 5.92 Å². The second-order valence-electron chi connectivity index (χ2n) is 6.12. The standard InChI is InChI=1S/C17H30O4/c1-15-10-8-6-4-2-3-5-7-9-11-16(18)20-12-13-21-17(19)14-15/h15H,2-14H2,1H3. The van der Waals surface area contributed by atoms with Crippen molar-refractivity contribution in [3.63, 3.8) is 0 Å². The van der Waals surface area contributed by atoms with Gasteiger partial charge in [0, 0.05) is 12.8 Å². The van der Waals surface area contributed by atoms with Gasteiger partial charge in [-0.05, 0) is 12.3 Å². The van der Waals surface area contributed by atoms with E-state index in [1.807, 2.05) is 0 Å². The van der Waals surface area contributed by atoms with Crippen molar-refractivity contribution in [3.8, 4) is 0 Å². The van der Waals surface area contributed by atoms with Crippen LogP contribution in [0, 0.1) is 5.92 Å². The molecule has 0 bridgehead atoms. The van der Waals surface area contributed by atoms with Gasteiger partial charge in [-0.3, -0.25) is 9.59 Å². The molecule has 1 saturated heterocycles. The molecule has 1 rings (SSSR count). The van der Waals surface area contributed by atoms with Crippen molar-refractivity contribution in [2.45, 2.75) is 77.6 Å². The van der Waals surface area contributed by atoms with Crippen LogP contribution in [-0.4, -0.2) is 25.2 Å². The first-order valence-corrected chi connectivity index (χ1v) is 8.49. The average Bonchev–Trinajstić information content (AvgIpc) is 2.44. The lowest BCUT2D eigenvalue weighted by Gasteiger charge is -2.12. The van der Waals surface area contributed by atoms with Crippen LogP contribution in [0.4, 0.5) is 0 Å². The highest BCUT2D eigenvalue weighted by Crippen LogP contribution is 2.16. The van der Waals surface area contributed by atoms with E-state index < -0.39 is 0 Å². The summed E-state index contributed by atoms with van der Waals surface area (Å²) in [6, 6.07) is 0. The van der Waals surface area contributed by atoms with Crippen molar-refractivity contribution in [1.29, 1.82) is 0 Å². The van der Waals surface area contributed by atoms with E-state index in [2.05, 4.69) is 6.92 Å². The van der Waals surface area contributed by atoms with Crippen LogP contribution in [0.2, 0.25) is 0 Å². The molecule has 0 aromatic carbocycles. The van der Waals surface area contributed by atoms with Gasteiger partial charge in [0.05, 0.1) is 0 Å². The molecule has 1 unspecified atom stereocenters. The van der Waals surface area contributed by atoms with Gasteiger partial charge in [-0.15, -0.1) is 0 Å². The Morgan fingerprint density at radius 3 is 1.95 bits per heavy atom. The molecule has 0 N–H and O–H groups in total. The second-order valence-corrected chi connectivity index (χ2v) is 6.12. The highest BCUT2D eigenvalue weighted by atomic mass is 16.6. The summed E-state index contributed by atoms with van der Waals surface area (Å²) < 4.78 is 10.1. The first-order chi connectivity index (χ1) is 10.2. The molecule has 4 heteroatoms. The van der Waals surface area contributed by atoms with E-state index in [0.717, 1.165) is 19.3 Å². The Balaban J connectivity index is 2.28. The molecule has 0 amide bonds. The molecule has 21 heavy (non-hydrogen) atoms. The molecule has 0 spiro atoms. The monoisotopic (exact) mass is 298 g/mol. The fourth-order valence-corrected chi connectivity index (χ4v) is 2.65. The van der Waals surface area contributed by atoms with Crippen LogP contribution in [-0.2, 0) is 19.1 Å². The minimum atomic E-state index is -0.181. The van der Waals surface area contributed by atoms with Crippen LogP contribution in [0.1, 0.15) is 77.6 Å². The average molecular weight is 298 g/mol. The van der Waals surface area contributed by atoms with E-state index >= 15 is 0 Å². The molecule has 4 nitrogen and oxygen atoms in total. The highest BCUT2D eigenvalue weighted by Gasteiger charge is 2.11. The van der Waals surface area contributed by atoms with E-state index in [0.29, 0.717) is 18.8 Å². The molecule has 0 aliphatic carbocycles. The predicted octanol–water partition coefficient (Wildman–Crippen LogP) is 4.01. The van der Waals surface area contributed by atoms with Crippen LogP contribution in [0.3, 0.4) is 0 Å². The normalized spacial score (nSPS) is 25.3. The van der Waals surface area contributed by atoms with Gasteiger partial charge in [-0.2, -0.15) is 0 Å². The summed E-state index contributed by atoms with van der Waals surface area (Å²) in [4.78, 5) is 23.1. The number of carbonyl (C=O) groups is 2. The third-order valence-electron chi connectivity index (χ3n) is 3.95. The molecule has 122 valence electrons. The Morgan fingerprint density at radius 2 is 1.29 bits per heavy atom. The van der Waals surface area contributed by atoms with Crippen LogP contribution < -0.4 is 0 Å². The topological polar surface area (TPSA) is 52.6 Å². The zero-order chi connectivity index (χ0) is 15.3. The minimum Gasteiger partial charge on any atom is -0.462 e. The summed E-state index contributed by atoms with van der Waals surface area (Å²) in [6.45, 7) is 2.45. The Kier molecular flexibility index (Phi) is 9.92. The first kappa shape index (κ1) is 18.0. The molecule has 0 aromatic rings. The van der Waals surface area contributed by atoms with E-state index in [4.69, 9.17) is 9.47 Å². The van der Waals surface area contributed by atoms with E-state index in [1.54, 1.807) is 0 Å². The van der Waals surface area contributed by atoms with Crippen molar-refractivity contribution in [2.75, 3.05) is 13.2 Å². The zero-order valence-corrected chi connectivity index (χ0v) is 13.4. The summed E-state index contributed by atoms with van der Waals surface area (Å²) >= 11 is 0. The minimum absolute atomic E-state index is 0.178. The van der Waals surface area contributed by atoms with E-state index in [1.165, 1.54) is 38.5 Å². The lowest BCUT2D eigenvalue weighted by Crippen LogP contribution is -2.15. The fourth-order valence-electron chi connectivity index (χ4n) is 2.65. The molecule has 1 atom stereocenters. The molecule has 0 saturated carbocycles. The molecule has 0 radical (unpaired) electrons. The predicted molar refractivity (Wildman–Crippen MR) is 81.9 cm³/mol. The smallest absolute Gasteiger partial charge is 0.306 e. The maximum Gasteiger partial charge on any atom is 0.306 e. The van der Waals surface area contributed by atoms with Crippen LogP contribution >= 0.6 is 0 Å². The SMILES string of the molecule is CC1CCCCCCCCCCC(=O)OCCOC(=O)C1. The van der Waals surface area contributed by atoms with E-state index in [-0.39, 0.29) is 25.2 Å². The maximum absolute atomic E-state index is 11.6. The molecule has 0 aromatic heterocycles. The molecular formula is C17H30O4. The number of cyclic esters (lactones) is 2. The Morgan fingerprint density at radius 1 is 0.762 bits per heavy atom. The number of carbonyl (C=O) groups excluding carboxylic acids is 2. The van der Waals surface area contributed by atoms with Gasteiger partial charge in [0.25, 0.3) is 0 Å². The fraction of sp³-hybridized carbons (Fsp3) is 0.882. The number of hydrogen-bond acceptors (Lipinski definition) is 4. The molecule has 1 heterocycles. The van der Waals surface area contributed by atoms with Crippen LogP contribution in [0.15, 0.2) is 0 Å². The Bertz CT molecular complexity index is 301. The Labute approximate surface area is 128 Å². The maximum atomic E-state index is 11.6. The molecule has 1 aliphatic heterocycles. The number of rotatable bonds is 0. The molecule has 1 fully saturated rings. The first-order valence-electron chi connectivity index (χ1n) is 8.49. The van der Waals surface area contributed by atoms with Gasteiger partial charge in [-0.25, -0.2) is 0 Å². The number of ether oxygens (including phenoxy) is 2. The van der Waals surface area contributed by atoms with Gasteiger partial charge < -0.3 is 9.47 Å². The van der Waals surface area contributed by atoms with E-state index in [9.17, 15) is 9.59 Å². The van der Waals surface area contributed by atoms with Crippen molar-refractivity contribution in [1.82, 2.24) is 0 Å². The summed E-state index contributed by atoms with van der Waals surface area (Å²) in [6.07, 6.45) is 11.5. The zero-order valence-electron chi connectivity index (χ0n) is 13.4. The number of hydrogen-bond donors (Lipinski definition) is 0. The summed E-state index contributed by atoms with van der Waals surface area (Å²) in [5, 5.41) is 0. The molecule has 1 aliphatic rings. The van der Waals surface area contributed by atoms with Crippen molar-refractivity contribution < 1.29 is 19.1 Å². The third kappa shape index (κ3) is 10.3. The van der Waals surface area contributed by atoms with Gasteiger partial charge in [0.1, 0.15) is 13.2 Å². The quantitative estimate of drug-likeness (QED) is 0.634. The molecular weight excluding hydrogens is 268 g/mol. The second kappa shape index (κ2) is 11.6. The van der Waals surface area contributed by atoms with Gasteiger partial charge in [0.15, 0.2) is 0 Å². The van der Waals surface area contributed by atoms with Crippen LogP contribution in [0.5, 0.6) is 0 Å². The van der Waals surface area contributed by atoms with Gasteiger partial charge in [-0.1, -0.05) is 58.3 Å². The Hall–Kier alpha value is -1.06. The summed E-state index contributed by atoms with van der Waals surface area (Å²) in [5.41, 5.74) is 0. The largest absolute Gasteiger partial charge is 0.462 e. The lowest BCUT2D eigenvalue weighted by molar-refractivity contribution is -0.152. The summed E-state index contributed by atoms with van der Waals surface area (Å²) in [7, 11) is 0. The summed E-state index contributed by atoms with van der Waals surface area (Å²) in [5.74, 6) is 0.0131. The third-order valence-corrected chi connectivity index (χ3v) is 3.95. The van der Waals surface area contributed by atoms with Gasteiger partial charge >= 0.3 is 11.9 Å².